The number of hydrogen-bond acceptors (Lipinski definition) is 7. The topological polar surface area (TPSA) is 99.4 Å². The highest BCUT2D eigenvalue weighted by Gasteiger charge is 2.11. The molecule has 0 spiro atoms. The van der Waals surface area contributed by atoms with Gasteiger partial charge in [0.2, 0.25) is 23.5 Å². The van der Waals surface area contributed by atoms with E-state index >= 15 is 0 Å². The molecule has 0 fully saturated rings. The number of pyridine rings is 1. The lowest BCUT2D eigenvalue weighted by Crippen LogP contribution is -2.23. The summed E-state index contributed by atoms with van der Waals surface area (Å²) >= 11 is 0. The molecule has 0 atom stereocenters. The van der Waals surface area contributed by atoms with Crippen LogP contribution in [0.3, 0.4) is 0 Å². The Hall–Kier alpha value is -4.27. The molecule has 2 aromatic carbocycles. The van der Waals surface area contributed by atoms with Crippen LogP contribution in [0.1, 0.15) is 24.8 Å². The van der Waals surface area contributed by atoms with Crippen LogP contribution in [-0.2, 0) is 17.8 Å². The summed E-state index contributed by atoms with van der Waals surface area (Å²) in [4.78, 5) is 20.7. The minimum Gasteiger partial charge on any atom is -0.494 e. The summed E-state index contributed by atoms with van der Waals surface area (Å²) in [6.45, 7) is 2.84. The van der Waals surface area contributed by atoms with Crippen molar-refractivity contribution in [3.8, 4) is 28.8 Å². The highest BCUT2D eigenvalue weighted by Crippen LogP contribution is 2.21. The molecule has 0 unspecified atom stereocenters. The fourth-order valence-corrected chi connectivity index (χ4v) is 3.08. The van der Waals surface area contributed by atoms with Gasteiger partial charge in [0.25, 0.3) is 0 Å². The molecule has 1 amide bonds. The van der Waals surface area contributed by atoms with Crippen molar-refractivity contribution in [1.82, 2.24) is 20.4 Å². The largest absolute Gasteiger partial charge is 0.494 e. The predicted octanol–water partition coefficient (Wildman–Crippen LogP) is 4.71. The van der Waals surface area contributed by atoms with Gasteiger partial charge >= 0.3 is 0 Å². The molecular formula is C25H23FN4O4. The molecule has 9 heteroatoms. The Balaban J connectivity index is 1.22. The third-order valence-electron chi connectivity index (χ3n) is 4.76. The molecule has 0 aliphatic carbocycles. The van der Waals surface area contributed by atoms with Gasteiger partial charge in [-0.1, -0.05) is 17.3 Å². The van der Waals surface area contributed by atoms with Gasteiger partial charge in [-0.25, -0.2) is 9.37 Å². The molecule has 0 aliphatic heterocycles. The lowest BCUT2D eigenvalue weighted by molar-refractivity contribution is -0.121. The molecule has 174 valence electrons. The molecule has 8 nitrogen and oxygen atoms in total. The Morgan fingerprint density at radius 1 is 1.09 bits per heavy atom. The van der Waals surface area contributed by atoms with Crippen LogP contribution < -0.4 is 14.8 Å². The molecule has 4 aromatic rings. The lowest BCUT2D eigenvalue weighted by Gasteiger charge is -2.07. The van der Waals surface area contributed by atoms with Crippen molar-refractivity contribution in [2.75, 3.05) is 6.61 Å². The fraction of sp³-hybridized carbons (Fsp3) is 0.200. The van der Waals surface area contributed by atoms with Gasteiger partial charge in [0.05, 0.1) is 6.61 Å². The molecule has 2 heterocycles. The number of amides is 1. The minimum absolute atomic E-state index is 0.152. The molecule has 4 rings (SSSR count). The van der Waals surface area contributed by atoms with E-state index in [1.165, 1.54) is 12.1 Å². The van der Waals surface area contributed by atoms with Crippen molar-refractivity contribution in [2.24, 2.45) is 0 Å². The van der Waals surface area contributed by atoms with E-state index in [4.69, 9.17) is 14.0 Å². The van der Waals surface area contributed by atoms with Crippen molar-refractivity contribution < 1.29 is 23.2 Å². The van der Waals surface area contributed by atoms with Gasteiger partial charge in [0, 0.05) is 43.3 Å². The second-order valence-corrected chi connectivity index (χ2v) is 7.31. The zero-order valence-electron chi connectivity index (χ0n) is 18.5. The van der Waals surface area contributed by atoms with E-state index in [0.717, 1.165) is 16.9 Å². The van der Waals surface area contributed by atoms with Gasteiger partial charge in [-0.3, -0.25) is 4.79 Å². The number of aryl methyl sites for hydroxylation is 1. The highest BCUT2D eigenvalue weighted by molar-refractivity contribution is 5.76. The average Bonchev–Trinajstić information content (AvgIpc) is 3.32. The molecule has 0 saturated heterocycles. The van der Waals surface area contributed by atoms with E-state index in [1.54, 1.807) is 30.5 Å². The lowest BCUT2D eigenvalue weighted by atomic mass is 10.2. The minimum atomic E-state index is -0.384. The SMILES string of the molecule is CCOc1ccc(-c2noc(CCC(=O)NCc3ccc(Oc4cccc(F)c4)nc3)n2)cc1. The zero-order chi connectivity index (χ0) is 23.8. The number of halogens is 1. The Morgan fingerprint density at radius 3 is 2.68 bits per heavy atom. The fourth-order valence-electron chi connectivity index (χ4n) is 3.08. The van der Waals surface area contributed by atoms with Gasteiger partial charge in [0.1, 0.15) is 17.3 Å². The van der Waals surface area contributed by atoms with E-state index in [1.807, 2.05) is 31.2 Å². The number of benzene rings is 2. The van der Waals surface area contributed by atoms with Crippen LogP contribution in [0.25, 0.3) is 11.4 Å². The van der Waals surface area contributed by atoms with Gasteiger partial charge < -0.3 is 19.3 Å². The first-order valence-electron chi connectivity index (χ1n) is 10.8. The number of aromatic nitrogens is 3. The first-order chi connectivity index (χ1) is 16.6. The van der Waals surface area contributed by atoms with E-state index < -0.39 is 0 Å². The molecule has 0 saturated carbocycles. The molecule has 2 aromatic heterocycles. The molecular weight excluding hydrogens is 439 g/mol. The number of ether oxygens (including phenoxy) is 2. The van der Waals surface area contributed by atoms with Crippen LogP contribution in [0, 0.1) is 5.82 Å². The quantitative estimate of drug-likeness (QED) is 0.364. The molecule has 0 bridgehead atoms. The average molecular weight is 462 g/mol. The van der Waals surface area contributed by atoms with Crippen LogP contribution >= 0.6 is 0 Å². The van der Waals surface area contributed by atoms with E-state index in [9.17, 15) is 9.18 Å². The van der Waals surface area contributed by atoms with Gasteiger partial charge in [0.15, 0.2) is 0 Å². The first-order valence-corrected chi connectivity index (χ1v) is 10.8. The number of nitrogens with zero attached hydrogens (tertiary/aromatic N) is 3. The van der Waals surface area contributed by atoms with Gasteiger partial charge in [-0.15, -0.1) is 0 Å². The van der Waals surface area contributed by atoms with Crippen molar-refractivity contribution in [3.05, 3.63) is 84.1 Å². The highest BCUT2D eigenvalue weighted by atomic mass is 19.1. The summed E-state index contributed by atoms with van der Waals surface area (Å²) in [5.74, 6) is 1.78. The number of carbonyl (C=O) groups is 1. The maximum Gasteiger partial charge on any atom is 0.227 e. The summed E-state index contributed by atoms with van der Waals surface area (Å²) < 4.78 is 29.4. The first kappa shape index (κ1) is 22.9. The number of nitrogens with one attached hydrogen (secondary N) is 1. The molecule has 0 radical (unpaired) electrons. The maximum atomic E-state index is 13.2. The second-order valence-electron chi connectivity index (χ2n) is 7.31. The van der Waals surface area contributed by atoms with Gasteiger partial charge in [-0.2, -0.15) is 4.98 Å². The molecule has 0 aliphatic rings. The van der Waals surface area contributed by atoms with Crippen LogP contribution in [0.15, 0.2) is 71.4 Å². The van der Waals surface area contributed by atoms with Crippen LogP contribution in [-0.4, -0.2) is 27.6 Å². The Labute approximate surface area is 195 Å². The predicted molar refractivity (Wildman–Crippen MR) is 122 cm³/mol. The third kappa shape index (κ3) is 6.38. The number of rotatable bonds is 10. The normalized spacial score (nSPS) is 10.6. The second kappa shape index (κ2) is 11.0. The maximum absolute atomic E-state index is 13.2. The summed E-state index contributed by atoms with van der Waals surface area (Å²) in [6, 6.07) is 16.7. The van der Waals surface area contributed by atoms with Crippen LogP contribution in [0.2, 0.25) is 0 Å². The smallest absolute Gasteiger partial charge is 0.227 e. The molecule has 34 heavy (non-hydrogen) atoms. The zero-order valence-corrected chi connectivity index (χ0v) is 18.5. The standard InChI is InChI=1S/C25H23FN4O4/c1-2-32-20-9-7-18(8-10-20)25-29-24(34-30-25)13-11-22(31)27-15-17-6-12-23(28-16-17)33-21-5-3-4-19(26)14-21/h3-10,12,14,16H,2,11,13,15H2,1H3,(H,27,31). The number of hydrogen-bond donors (Lipinski definition) is 1. The van der Waals surface area contributed by atoms with E-state index in [2.05, 4.69) is 20.4 Å². The van der Waals surface area contributed by atoms with Crippen molar-refractivity contribution in [2.45, 2.75) is 26.3 Å². The van der Waals surface area contributed by atoms with Gasteiger partial charge in [-0.05, 0) is 48.9 Å². The molecule has 1 N–H and O–H groups in total. The van der Waals surface area contributed by atoms with Crippen LogP contribution in [0.4, 0.5) is 4.39 Å². The monoisotopic (exact) mass is 462 g/mol. The Bertz CT molecular complexity index is 1230. The summed E-state index contributed by atoms with van der Waals surface area (Å²) in [6.07, 6.45) is 2.13. The number of carbonyl (C=O) groups excluding carboxylic acids is 1. The van der Waals surface area contributed by atoms with E-state index in [-0.39, 0.29) is 18.1 Å². The van der Waals surface area contributed by atoms with Crippen molar-refractivity contribution >= 4 is 5.91 Å². The van der Waals surface area contributed by atoms with Crippen LogP contribution in [0.5, 0.6) is 17.4 Å². The Morgan fingerprint density at radius 2 is 1.94 bits per heavy atom. The Kier molecular flexibility index (Phi) is 7.44. The third-order valence-corrected chi connectivity index (χ3v) is 4.76. The van der Waals surface area contributed by atoms with Crippen molar-refractivity contribution in [1.29, 1.82) is 0 Å². The summed E-state index contributed by atoms with van der Waals surface area (Å²) in [7, 11) is 0. The summed E-state index contributed by atoms with van der Waals surface area (Å²) in [5.41, 5.74) is 1.61. The van der Waals surface area contributed by atoms with E-state index in [0.29, 0.717) is 42.9 Å². The van der Waals surface area contributed by atoms with Crippen molar-refractivity contribution in [3.63, 3.8) is 0 Å². The summed E-state index contributed by atoms with van der Waals surface area (Å²) in [5, 5.41) is 6.81.